The molecule has 0 aliphatic carbocycles. The summed E-state index contributed by atoms with van der Waals surface area (Å²) >= 11 is 0. The second-order valence-electron chi connectivity index (χ2n) is 2.99. The summed E-state index contributed by atoms with van der Waals surface area (Å²) in [5.41, 5.74) is 1.40. The molecule has 3 heteroatoms. The first kappa shape index (κ1) is 10.3. The van der Waals surface area contributed by atoms with E-state index in [4.69, 9.17) is 10.00 Å². The average molecular weight is 189 g/mol. The highest BCUT2D eigenvalue weighted by atomic mass is 16.5. The van der Waals surface area contributed by atoms with E-state index in [0.29, 0.717) is 5.56 Å². The fourth-order valence-corrected chi connectivity index (χ4v) is 1.18. The molecule has 1 atom stereocenters. The van der Waals surface area contributed by atoms with Crippen molar-refractivity contribution in [3.05, 3.63) is 35.4 Å². The quantitative estimate of drug-likeness (QED) is 0.670. The summed E-state index contributed by atoms with van der Waals surface area (Å²) in [5.74, 6) is -0.320. The third kappa shape index (κ3) is 2.60. The van der Waals surface area contributed by atoms with E-state index in [0.717, 1.165) is 5.56 Å². The normalized spacial score (nSPS) is 11.5. The van der Waals surface area contributed by atoms with Gasteiger partial charge in [-0.1, -0.05) is 12.1 Å². The van der Waals surface area contributed by atoms with Crippen molar-refractivity contribution in [3.8, 4) is 6.07 Å². The van der Waals surface area contributed by atoms with Crippen LogP contribution in [0.5, 0.6) is 0 Å². The zero-order valence-electron chi connectivity index (χ0n) is 8.15. The second-order valence-corrected chi connectivity index (χ2v) is 2.99. The standard InChI is InChI=1S/C11H11NO2/c1-8(14-9(2)13)11-5-3-4-10(6-11)7-12/h3-6,8H,1-2H3/t8-/m1/s1. The molecule has 0 aliphatic heterocycles. The molecular weight excluding hydrogens is 178 g/mol. The van der Waals surface area contributed by atoms with Gasteiger partial charge in [0.15, 0.2) is 0 Å². The highest BCUT2D eigenvalue weighted by molar-refractivity contribution is 5.66. The number of esters is 1. The van der Waals surface area contributed by atoms with Gasteiger partial charge in [0.05, 0.1) is 11.6 Å². The van der Waals surface area contributed by atoms with Gasteiger partial charge in [0.1, 0.15) is 6.10 Å². The number of ether oxygens (including phenoxy) is 1. The molecule has 0 saturated heterocycles. The van der Waals surface area contributed by atoms with Crippen LogP contribution in [-0.2, 0) is 9.53 Å². The van der Waals surface area contributed by atoms with E-state index in [1.54, 1.807) is 25.1 Å². The highest BCUT2D eigenvalue weighted by Gasteiger charge is 2.08. The van der Waals surface area contributed by atoms with Gasteiger partial charge in [-0.25, -0.2) is 0 Å². The Morgan fingerprint density at radius 3 is 2.86 bits per heavy atom. The smallest absolute Gasteiger partial charge is 0.303 e. The summed E-state index contributed by atoms with van der Waals surface area (Å²) in [6.07, 6.45) is -0.305. The van der Waals surface area contributed by atoms with Gasteiger partial charge < -0.3 is 4.74 Å². The number of nitrogens with zero attached hydrogens (tertiary/aromatic N) is 1. The fraction of sp³-hybridized carbons (Fsp3) is 0.273. The van der Waals surface area contributed by atoms with Crippen molar-refractivity contribution < 1.29 is 9.53 Å². The lowest BCUT2D eigenvalue weighted by Crippen LogP contribution is -2.04. The molecule has 0 bridgehead atoms. The minimum atomic E-state index is -0.320. The summed E-state index contributed by atoms with van der Waals surface area (Å²) < 4.78 is 4.99. The molecule has 0 fully saturated rings. The number of hydrogen-bond acceptors (Lipinski definition) is 3. The third-order valence-corrected chi connectivity index (χ3v) is 1.83. The summed E-state index contributed by atoms with van der Waals surface area (Å²) in [7, 11) is 0. The number of benzene rings is 1. The molecule has 0 heterocycles. The van der Waals surface area contributed by atoms with Crippen LogP contribution in [0, 0.1) is 11.3 Å². The van der Waals surface area contributed by atoms with Crippen molar-refractivity contribution in [2.24, 2.45) is 0 Å². The van der Waals surface area contributed by atoms with Crippen molar-refractivity contribution in [2.75, 3.05) is 0 Å². The fourth-order valence-electron chi connectivity index (χ4n) is 1.18. The maximum absolute atomic E-state index is 10.7. The Bertz CT molecular complexity index is 379. The van der Waals surface area contributed by atoms with E-state index in [-0.39, 0.29) is 12.1 Å². The second kappa shape index (κ2) is 4.43. The molecule has 1 aromatic carbocycles. The van der Waals surface area contributed by atoms with E-state index in [1.165, 1.54) is 6.92 Å². The molecule has 0 spiro atoms. The number of rotatable bonds is 2. The predicted octanol–water partition coefficient (Wildman–Crippen LogP) is 2.18. The number of carbonyl (C=O) groups excluding carboxylic acids is 1. The van der Waals surface area contributed by atoms with Crippen LogP contribution in [0.15, 0.2) is 24.3 Å². The Kier molecular flexibility index (Phi) is 3.24. The monoisotopic (exact) mass is 189 g/mol. The third-order valence-electron chi connectivity index (χ3n) is 1.83. The molecule has 1 aromatic rings. The first-order chi connectivity index (χ1) is 6.63. The molecule has 0 aromatic heterocycles. The Labute approximate surface area is 82.9 Å². The first-order valence-corrected chi connectivity index (χ1v) is 4.30. The molecule has 0 radical (unpaired) electrons. The lowest BCUT2D eigenvalue weighted by molar-refractivity contribution is -0.145. The zero-order valence-corrected chi connectivity index (χ0v) is 8.15. The highest BCUT2D eigenvalue weighted by Crippen LogP contribution is 2.17. The summed E-state index contributed by atoms with van der Waals surface area (Å²) in [6, 6.07) is 9.06. The van der Waals surface area contributed by atoms with E-state index >= 15 is 0 Å². The van der Waals surface area contributed by atoms with Crippen LogP contribution in [0.2, 0.25) is 0 Å². The SMILES string of the molecule is CC(=O)O[C@H](C)c1cccc(C#N)c1. The average Bonchev–Trinajstić information content (AvgIpc) is 2.17. The Hall–Kier alpha value is -1.82. The molecule has 14 heavy (non-hydrogen) atoms. The molecule has 72 valence electrons. The van der Waals surface area contributed by atoms with Gasteiger partial charge in [-0.2, -0.15) is 5.26 Å². The molecular formula is C11H11NO2. The number of carbonyl (C=O) groups is 1. The van der Waals surface area contributed by atoms with Gasteiger partial charge in [-0.3, -0.25) is 4.79 Å². The van der Waals surface area contributed by atoms with Crippen molar-refractivity contribution >= 4 is 5.97 Å². The Morgan fingerprint density at radius 1 is 1.57 bits per heavy atom. The van der Waals surface area contributed by atoms with Gasteiger partial charge >= 0.3 is 5.97 Å². The van der Waals surface area contributed by atoms with Crippen molar-refractivity contribution in [3.63, 3.8) is 0 Å². The number of nitriles is 1. The van der Waals surface area contributed by atoms with Crippen LogP contribution in [-0.4, -0.2) is 5.97 Å². The van der Waals surface area contributed by atoms with Crippen molar-refractivity contribution in [1.82, 2.24) is 0 Å². The lowest BCUT2D eigenvalue weighted by Gasteiger charge is -2.11. The van der Waals surface area contributed by atoms with E-state index in [2.05, 4.69) is 0 Å². The summed E-state index contributed by atoms with van der Waals surface area (Å²) in [6.45, 7) is 3.14. The topological polar surface area (TPSA) is 50.1 Å². The van der Waals surface area contributed by atoms with Gasteiger partial charge in [0.25, 0.3) is 0 Å². The minimum absolute atomic E-state index is 0.305. The van der Waals surface area contributed by atoms with Crippen molar-refractivity contribution in [1.29, 1.82) is 5.26 Å². The van der Waals surface area contributed by atoms with E-state index in [1.807, 2.05) is 12.1 Å². The molecule has 1 rings (SSSR count). The van der Waals surface area contributed by atoms with Crippen LogP contribution in [0.4, 0.5) is 0 Å². The largest absolute Gasteiger partial charge is 0.458 e. The van der Waals surface area contributed by atoms with E-state index in [9.17, 15) is 4.79 Å². The molecule has 0 amide bonds. The Balaban J connectivity index is 2.85. The molecule has 0 N–H and O–H groups in total. The molecule has 3 nitrogen and oxygen atoms in total. The molecule has 0 aliphatic rings. The molecule has 0 unspecified atom stereocenters. The number of hydrogen-bond donors (Lipinski definition) is 0. The maximum Gasteiger partial charge on any atom is 0.303 e. The first-order valence-electron chi connectivity index (χ1n) is 4.30. The van der Waals surface area contributed by atoms with E-state index < -0.39 is 0 Å². The lowest BCUT2D eigenvalue weighted by atomic mass is 10.1. The predicted molar refractivity (Wildman–Crippen MR) is 51.3 cm³/mol. The van der Waals surface area contributed by atoms with Crippen LogP contribution >= 0.6 is 0 Å². The van der Waals surface area contributed by atoms with Crippen LogP contribution in [0.1, 0.15) is 31.1 Å². The molecule has 0 saturated carbocycles. The van der Waals surface area contributed by atoms with Gasteiger partial charge in [0, 0.05) is 6.92 Å². The minimum Gasteiger partial charge on any atom is -0.458 e. The van der Waals surface area contributed by atoms with Crippen molar-refractivity contribution in [2.45, 2.75) is 20.0 Å². The van der Waals surface area contributed by atoms with Crippen LogP contribution < -0.4 is 0 Å². The van der Waals surface area contributed by atoms with Crippen LogP contribution in [0.3, 0.4) is 0 Å². The Morgan fingerprint density at radius 2 is 2.29 bits per heavy atom. The van der Waals surface area contributed by atoms with Gasteiger partial charge in [-0.05, 0) is 24.6 Å². The maximum atomic E-state index is 10.7. The van der Waals surface area contributed by atoms with Gasteiger partial charge in [0.2, 0.25) is 0 Å². The summed E-state index contributed by atoms with van der Waals surface area (Å²) in [5, 5.41) is 8.67. The van der Waals surface area contributed by atoms with Gasteiger partial charge in [-0.15, -0.1) is 0 Å². The zero-order chi connectivity index (χ0) is 10.6. The summed E-state index contributed by atoms with van der Waals surface area (Å²) in [4.78, 5) is 10.7. The van der Waals surface area contributed by atoms with Crippen LogP contribution in [0.25, 0.3) is 0 Å².